The molecule has 0 N–H and O–H groups in total. The van der Waals surface area contributed by atoms with Gasteiger partial charge in [0.15, 0.2) is 0 Å². The van der Waals surface area contributed by atoms with Gasteiger partial charge in [-0.1, -0.05) is 6.92 Å². The number of aromatic nitrogens is 1. The number of benzene rings is 1. The fourth-order valence-corrected chi connectivity index (χ4v) is 1.97. The molecule has 0 radical (unpaired) electrons. The molecule has 4 heteroatoms. The predicted molar refractivity (Wildman–Crippen MR) is 67.1 cm³/mol. The minimum atomic E-state index is -0.420. The van der Waals surface area contributed by atoms with Crippen molar-refractivity contribution in [2.45, 2.75) is 27.2 Å². The third-order valence-electron chi connectivity index (χ3n) is 2.81. The molecule has 1 heterocycles. The first-order valence-corrected chi connectivity index (χ1v) is 5.80. The van der Waals surface area contributed by atoms with Gasteiger partial charge in [-0.15, -0.1) is 0 Å². The van der Waals surface area contributed by atoms with E-state index in [9.17, 15) is 9.18 Å². The van der Waals surface area contributed by atoms with Crippen LogP contribution in [-0.2, 0) is 11.2 Å². The van der Waals surface area contributed by atoms with Crippen LogP contribution in [0.5, 0.6) is 5.75 Å². The van der Waals surface area contributed by atoms with Crippen LogP contribution in [0.2, 0.25) is 0 Å². The van der Waals surface area contributed by atoms with Gasteiger partial charge in [-0.05, 0) is 31.5 Å². The smallest absolute Gasteiger partial charge is 0.308 e. The number of carbonyl (C=O) groups is 1. The van der Waals surface area contributed by atoms with Crippen LogP contribution in [0.4, 0.5) is 4.39 Å². The van der Waals surface area contributed by atoms with E-state index in [1.807, 2.05) is 13.8 Å². The number of nitrogens with zero attached hydrogens (tertiary/aromatic N) is 1. The number of rotatable bonds is 2. The number of aryl methyl sites for hydroxylation is 1. The molecule has 0 aliphatic heterocycles. The summed E-state index contributed by atoms with van der Waals surface area (Å²) in [6.45, 7) is 5.13. The first-order valence-electron chi connectivity index (χ1n) is 5.80. The highest BCUT2D eigenvalue weighted by Gasteiger charge is 2.14. The molecular formula is C14H14FNO2. The number of pyridine rings is 1. The van der Waals surface area contributed by atoms with Gasteiger partial charge in [0.05, 0.1) is 5.52 Å². The molecule has 0 aliphatic rings. The zero-order valence-corrected chi connectivity index (χ0v) is 10.6. The second-order valence-electron chi connectivity index (χ2n) is 4.12. The number of halogens is 1. The minimum Gasteiger partial charge on any atom is -0.426 e. The summed E-state index contributed by atoms with van der Waals surface area (Å²) in [6.07, 6.45) is 0.730. The van der Waals surface area contributed by atoms with Gasteiger partial charge in [0.2, 0.25) is 0 Å². The molecule has 3 nitrogen and oxygen atoms in total. The highest BCUT2D eigenvalue weighted by atomic mass is 19.1. The first kappa shape index (κ1) is 12.5. The second kappa shape index (κ2) is 4.72. The zero-order chi connectivity index (χ0) is 13.3. The van der Waals surface area contributed by atoms with Gasteiger partial charge in [0.1, 0.15) is 11.6 Å². The highest BCUT2D eigenvalue weighted by molar-refractivity contribution is 5.89. The average Bonchev–Trinajstić information content (AvgIpc) is 2.32. The Balaban J connectivity index is 2.78. The van der Waals surface area contributed by atoms with Crippen molar-refractivity contribution in [3.05, 3.63) is 35.3 Å². The lowest BCUT2D eigenvalue weighted by Gasteiger charge is -2.12. The van der Waals surface area contributed by atoms with E-state index in [-0.39, 0.29) is 5.82 Å². The van der Waals surface area contributed by atoms with E-state index < -0.39 is 5.97 Å². The molecule has 0 aliphatic carbocycles. The van der Waals surface area contributed by atoms with Gasteiger partial charge in [-0.3, -0.25) is 9.78 Å². The summed E-state index contributed by atoms with van der Waals surface area (Å²) in [5.74, 6) is -0.387. The molecule has 2 aromatic rings. The zero-order valence-electron chi connectivity index (χ0n) is 10.6. The lowest BCUT2D eigenvalue weighted by Crippen LogP contribution is -2.06. The quantitative estimate of drug-likeness (QED) is 0.765. The number of hydrogen-bond acceptors (Lipinski definition) is 3. The molecule has 1 aromatic carbocycles. The van der Waals surface area contributed by atoms with Crippen molar-refractivity contribution in [2.75, 3.05) is 0 Å². The molecule has 0 fully saturated rings. The Morgan fingerprint density at radius 2 is 2.17 bits per heavy atom. The SMILES string of the molecule is CCc1nc2ccc(F)cc2c(OC(C)=O)c1C. The Hall–Kier alpha value is -1.97. The van der Waals surface area contributed by atoms with Crippen molar-refractivity contribution in [1.82, 2.24) is 4.98 Å². The fraction of sp³-hybridized carbons (Fsp3) is 0.286. The van der Waals surface area contributed by atoms with Crippen LogP contribution in [-0.4, -0.2) is 11.0 Å². The van der Waals surface area contributed by atoms with Crippen molar-refractivity contribution >= 4 is 16.9 Å². The molecule has 94 valence electrons. The molecule has 18 heavy (non-hydrogen) atoms. The van der Waals surface area contributed by atoms with Crippen LogP contribution >= 0.6 is 0 Å². The van der Waals surface area contributed by atoms with E-state index in [1.165, 1.54) is 19.1 Å². The monoisotopic (exact) mass is 247 g/mol. The number of esters is 1. The maximum absolute atomic E-state index is 13.3. The minimum absolute atomic E-state index is 0.374. The maximum atomic E-state index is 13.3. The van der Waals surface area contributed by atoms with E-state index in [4.69, 9.17) is 4.74 Å². The van der Waals surface area contributed by atoms with Gasteiger partial charge in [-0.2, -0.15) is 0 Å². The Morgan fingerprint density at radius 3 is 2.78 bits per heavy atom. The summed E-state index contributed by atoms with van der Waals surface area (Å²) in [5.41, 5.74) is 2.27. The normalized spacial score (nSPS) is 10.7. The largest absolute Gasteiger partial charge is 0.426 e. The van der Waals surface area contributed by atoms with Crippen molar-refractivity contribution < 1.29 is 13.9 Å². The summed E-state index contributed by atoms with van der Waals surface area (Å²) < 4.78 is 18.5. The first-order chi connectivity index (χ1) is 8.52. The molecule has 1 aromatic heterocycles. The lowest BCUT2D eigenvalue weighted by atomic mass is 10.1. The number of ether oxygens (including phenoxy) is 1. The van der Waals surface area contributed by atoms with Crippen molar-refractivity contribution in [2.24, 2.45) is 0 Å². The summed E-state index contributed by atoms with van der Waals surface area (Å²) >= 11 is 0. The Morgan fingerprint density at radius 1 is 1.44 bits per heavy atom. The lowest BCUT2D eigenvalue weighted by molar-refractivity contribution is -0.131. The number of hydrogen-bond donors (Lipinski definition) is 0. The molecule has 0 saturated carbocycles. The molecule has 2 rings (SSSR count). The van der Waals surface area contributed by atoms with Crippen LogP contribution < -0.4 is 4.74 Å². The molecular weight excluding hydrogens is 233 g/mol. The maximum Gasteiger partial charge on any atom is 0.308 e. The summed E-state index contributed by atoms with van der Waals surface area (Å²) in [7, 11) is 0. The van der Waals surface area contributed by atoms with Gasteiger partial charge in [0, 0.05) is 23.6 Å². The van der Waals surface area contributed by atoms with Crippen LogP contribution in [0, 0.1) is 12.7 Å². The van der Waals surface area contributed by atoms with Crippen molar-refractivity contribution in [3.63, 3.8) is 0 Å². The summed E-state index contributed by atoms with van der Waals surface area (Å²) in [4.78, 5) is 15.6. The van der Waals surface area contributed by atoms with Gasteiger partial charge in [-0.25, -0.2) is 4.39 Å². The predicted octanol–water partition coefficient (Wildman–Crippen LogP) is 3.17. The number of fused-ring (bicyclic) bond motifs is 1. The summed E-state index contributed by atoms with van der Waals surface area (Å²) in [5, 5.41) is 0.528. The van der Waals surface area contributed by atoms with E-state index in [0.29, 0.717) is 16.7 Å². The average molecular weight is 247 g/mol. The Kier molecular flexibility index (Phi) is 3.28. The van der Waals surface area contributed by atoms with Gasteiger partial charge < -0.3 is 4.74 Å². The van der Waals surface area contributed by atoms with Crippen molar-refractivity contribution in [3.8, 4) is 5.75 Å². The van der Waals surface area contributed by atoms with Gasteiger partial charge >= 0.3 is 5.97 Å². The van der Waals surface area contributed by atoms with E-state index >= 15 is 0 Å². The van der Waals surface area contributed by atoms with Crippen LogP contribution in [0.3, 0.4) is 0 Å². The molecule has 0 saturated heterocycles. The van der Waals surface area contributed by atoms with Crippen molar-refractivity contribution in [1.29, 1.82) is 0 Å². The molecule has 0 amide bonds. The third-order valence-corrected chi connectivity index (χ3v) is 2.81. The highest BCUT2D eigenvalue weighted by Crippen LogP contribution is 2.31. The molecule has 0 spiro atoms. The van der Waals surface area contributed by atoms with Crippen LogP contribution in [0.25, 0.3) is 10.9 Å². The van der Waals surface area contributed by atoms with E-state index in [0.717, 1.165) is 17.7 Å². The van der Waals surface area contributed by atoms with Crippen LogP contribution in [0.1, 0.15) is 25.1 Å². The van der Waals surface area contributed by atoms with E-state index in [2.05, 4.69) is 4.98 Å². The van der Waals surface area contributed by atoms with E-state index in [1.54, 1.807) is 6.07 Å². The molecule has 0 unspecified atom stereocenters. The second-order valence-corrected chi connectivity index (χ2v) is 4.12. The Bertz CT molecular complexity index is 623. The topological polar surface area (TPSA) is 39.2 Å². The molecule has 0 bridgehead atoms. The summed E-state index contributed by atoms with van der Waals surface area (Å²) in [6, 6.07) is 4.28. The standard InChI is InChI=1S/C14H14FNO2/c1-4-12-8(2)14(18-9(3)17)11-7-10(15)5-6-13(11)16-12/h5-7H,4H2,1-3H3. The molecule has 0 atom stereocenters. The Labute approximate surface area is 105 Å². The fourth-order valence-electron chi connectivity index (χ4n) is 1.97. The van der Waals surface area contributed by atoms with Crippen LogP contribution in [0.15, 0.2) is 18.2 Å². The van der Waals surface area contributed by atoms with Gasteiger partial charge in [0.25, 0.3) is 0 Å². The third kappa shape index (κ3) is 2.18. The number of carbonyl (C=O) groups excluding carboxylic acids is 1.